The summed E-state index contributed by atoms with van der Waals surface area (Å²) >= 11 is 0. The largest absolute Gasteiger partial charge is 0.469 e. The van der Waals surface area contributed by atoms with E-state index >= 15 is 0 Å². The van der Waals surface area contributed by atoms with Crippen molar-refractivity contribution in [3.05, 3.63) is 23.8 Å². The lowest BCUT2D eigenvalue weighted by atomic mass is 9.47. The number of fused-ring (bicyclic) bond motifs is 1. The maximum Gasteiger partial charge on any atom is 0.333 e. The summed E-state index contributed by atoms with van der Waals surface area (Å²) in [5, 5.41) is 0. The Morgan fingerprint density at radius 1 is 1.19 bits per heavy atom. The molecule has 0 saturated heterocycles. The van der Waals surface area contributed by atoms with Gasteiger partial charge in [-0.3, -0.25) is 4.79 Å². The Morgan fingerprint density at radius 3 is 2.50 bits per heavy atom. The van der Waals surface area contributed by atoms with Crippen LogP contribution in [0, 0.1) is 22.7 Å². The van der Waals surface area contributed by atoms with Crippen molar-refractivity contribution in [2.24, 2.45) is 22.7 Å². The predicted octanol–water partition coefficient (Wildman–Crippen LogP) is 4.84. The first-order chi connectivity index (χ1) is 12.2. The number of allylic oxidation sites excluding steroid dienone is 2. The molecule has 4 heteroatoms. The maximum atomic E-state index is 12.1. The topological polar surface area (TPSA) is 52.6 Å². The fourth-order valence-corrected chi connectivity index (χ4v) is 5.56. The van der Waals surface area contributed by atoms with E-state index in [4.69, 9.17) is 9.47 Å². The van der Waals surface area contributed by atoms with Crippen molar-refractivity contribution in [1.82, 2.24) is 0 Å². The Morgan fingerprint density at radius 2 is 1.88 bits per heavy atom. The van der Waals surface area contributed by atoms with Gasteiger partial charge >= 0.3 is 11.9 Å². The smallest absolute Gasteiger partial charge is 0.333 e. The SMILES string of the molecule is C=C1CC[C@H]2C(C)(C)CCC[C@]2(C)[C@H]1C/C=C(\CC(=O)OC)C(=O)OC. The average molecular weight is 363 g/mol. The van der Waals surface area contributed by atoms with Crippen LogP contribution in [0.1, 0.15) is 65.7 Å². The molecular formula is C22H34O4. The van der Waals surface area contributed by atoms with Crippen molar-refractivity contribution >= 4 is 11.9 Å². The highest BCUT2D eigenvalue weighted by Gasteiger charge is 2.52. The van der Waals surface area contributed by atoms with Crippen molar-refractivity contribution in [3.63, 3.8) is 0 Å². The summed E-state index contributed by atoms with van der Waals surface area (Å²) in [5.41, 5.74) is 2.19. The molecule has 4 nitrogen and oxygen atoms in total. The second-order valence-corrected chi connectivity index (χ2v) is 8.86. The first kappa shape index (κ1) is 20.7. The van der Waals surface area contributed by atoms with Gasteiger partial charge in [-0.1, -0.05) is 45.4 Å². The number of carbonyl (C=O) groups is 2. The van der Waals surface area contributed by atoms with Crippen LogP contribution in [0.15, 0.2) is 23.8 Å². The van der Waals surface area contributed by atoms with E-state index in [9.17, 15) is 9.59 Å². The van der Waals surface area contributed by atoms with Crippen molar-refractivity contribution in [1.29, 1.82) is 0 Å². The second kappa shape index (κ2) is 7.98. The van der Waals surface area contributed by atoms with Crippen molar-refractivity contribution in [2.75, 3.05) is 14.2 Å². The van der Waals surface area contributed by atoms with Crippen LogP contribution in [0.3, 0.4) is 0 Å². The third-order valence-electron chi connectivity index (χ3n) is 6.93. The minimum Gasteiger partial charge on any atom is -0.469 e. The number of esters is 2. The van der Waals surface area contributed by atoms with E-state index in [1.165, 1.54) is 45.5 Å². The first-order valence-electron chi connectivity index (χ1n) is 9.67. The standard InChI is InChI=1S/C22H34O4/c1-15-8-11-18-21(2,3)12-7-13-22(18,4)17(15)10-9-16(20(24)26-6)14-19(23)25-5/h9,17-18H,1,7-8,10-14H2,2-6H3/b16-9+/t17-,18-,22+/m0/s1. The van der Waals surface area contributed by atoms with Crippen LogP contribution in [0.25, 0.3) is 0 Å². The van der Waals surface area contributed by atoms with E-state index < -0.39 is 11.9 Å². The van der Waals surface area contributed by atoms with Gasteiger partial charge in [0.05, 0.1) is 20.6 Å². The monoisotopic (exact) mass is 362 g/mol. The maximum absolute atomic E-state index is 12.1. The molecule has 2 saturated carbocycles. The van der Waals surface area contributed by atoms with Crippen molar-refractivity contribution in [2.45, 2.75) is 65.7 Å². The Labute approximate surface area is 158 Å². The zero-order valence-corrected chi connectivity index (χ0v) is 17.0. The number of methoxy groups -OCH3 is 2. The molecule has 0 aromatic rings. The molecule has 3 atom stereocenters. The Hall–Kier alpha value is -1.58. The summed E-state index contributed by atoms with van der Waals surface area (Å²) in [6.07, 6.45) is 8.52. The van der Waals surface area contributed by atoms with Crippen LogP contribution in [-0.2, 0) is 19.1 Å². The fraction of sp³-hybridized carbons (Fsp3) is 0.727. The number of ether oxygens (including phenoxy) is 2. The molecule has 0 heterocycles. The highest BCUT2D eigenvalue weighted by molar-refractivity contribution is 5.93. The lowest BCUT2D eigenvalue weighted by Gasteiger charge is -2.58. The highest BCUT2D eigenvalue weighted by atomic mass is 16.5. The van der Waals surface area contributed by atoms with Gasteiger partial charge in [-0.2, -0.15) is 0 Å². The molecule has 26 heavy (non-hydrogen) atoms. The predicted molar refractivity (Wildman–Crippen MR) is 102 cm³/mol. The number of hydrogen-bond acceptors (Lipinski definition) is 4. The number of hydrogen-bond donors (Lipinski definition) is 0. The number of carbonyl (C=O) groups excluding carboxylic acids is 2. The molecule has 0 radical (unpaired) electrons. The van der Waals surface area contributed by atoms with Gasteiger partial charge in [-0.05, 0) is 54.8 Å². The van der Waals surface area contributed by atoms with Crippen LogP contribution >= 0.6 is 0 Å². The fourth-order valence-electron chi connectivity index (χ4n) is 5.56. The van der Waals surface area contributed by atoms with Crippen LogP contribution in [0.4, 0.5) is 0 Å². The molecule has 0 amide bonds. The molecule has 0 bridgehead atoms. The minimum atomic E-state index is -0.456. The zero-order valence-electron chi connectivity index (χ0n) is 17.0. The molecule has 0 aliphatic heterocycles. The van der Waals surface area contributed by atoms with Crippen molar-refractivity contribution < 1.29 is 19.1 Å². The van der Waals surface area contributed by atoms with Gasteiger partial charge in [-0.25, -0.2) is 4.79 Å². The van der Waals surface area contributed by atoms with E-state index in [1.807, 2.05) is 6.08 Å². The molecule has 146 valence electrons. The zero-order chi connectivity index (χ0) is 19.5. The van der Waals surface area contributed by atoms with Crippen LogP contribution in [0.5, 0.6) is 0 Å². The van der Waals surface area contributed by atoms with E-state index in [1.54, 1.807) is 0 Å². The normalized spacial score (nSPS) is 31.1. The average Bonchev–Trinajstić information content (AvgIpc) is 2.58. The summed E-state index contributed by atoms with van der Waals surface area (Å²) in [6, 6.07) is 0. The molecule has 2 aliphatic rings. The summed E-state index contributed by atoms with van der Waals surface area (Å²) in [5.74, 6) is 0.113. The summed E-state index contributed by atoms with van der Waals surface area (Å²) in [6.45, 7) is 11.6. The molecule has 0 aromatic carbocycles. The van der Waals surface area contributed by atoms with Gasteiger partial charge in [0, 0.05) is 5.57 Å². The van der Waals surface area contributed by atoms with Gasteiger partial charge < -0.3 is 9.47 Å². The van der Waals surface area contributed by atoms with Crippen LogP contribution < -0.4 is 0 Å². The van der Waals surface area contributed by atoms with Gasteiger partial charge in [0.1, 0.15) is 0 Å². The van der Waals surface area contributed by atoms with E-state index in [0.29, 0.717) is 22.8 Å². The molecule has 0 spiro atoms. The second-order valence-electron chi connectivity index (χ2n) is 8.86. The third-order valence-corrected chi connectivity index (χ3v) is 6.93. The quantitative estimate of drug-likeness (QED) is 0.399. The molecular weight excluding hydrogens is 328 g/mol. The van der Waals surface area contributed by atoms with Crippen LogP contribution in [0.2, 0.25) is 0 Å². The van der Waals surface area contributed by atoms with Gasteiger partial charge in [0.25, 0.3) is 0 Å². The molecule has 2 aliphatic carbocycles. The van der Waals surface area contributed by atoms with E-state index in [-0.39, 0.29) is 11.8 Å². The third kappa shape index (κ3) is 4.05. The van der Waals surface area contributed by atoms with Crippen molar-refractivity contribution in [3.8, 4) is 0 Å². The van der Waals surface area contributed by atoms with Gasteiger partial charge in [0.15, 0.2) is 0 Å². The Bertz CT molecular complexity index is 601. The van der Waals surface area contributed by atoms with Crippen LogP contribution in [-0.4, -0.2) is 26.2 Å². The Kier molecular flexibility index (Phi) is 6.36. The van der Waals surface area contributed by atoms with Gasteiger partial charge in [-0.15, -0.1) is 0 Å². The molecule has 2 rings (SSSR count). The highest BCUT2D eigenvalue weighted by Crippen LogP contribution is 2.61. The lowest BCUT2D eigenvalue weighted by Crippen LogP contribution is -2.49. The summed E-state index contributed by atoms with van der Waals surface area (Å²) in [7, 11) is 2.67. The lowest BCUT2D eigenvalue weighted by molar-refractivity contribution is -0.143. The number of rotatable bonds is 5. The summed E-state index contributed by atoms with van der Waals surface area (Å²) < 4.78 is 9.57. The van der Waals surface area contributed by atoms with E-state index in [0.717, 1.165) is 12.8 Å². The molecule has 0 unspecified atom stereocenters. The summed E-state index contributed by atoms with van der Waals surface area (Å²) in [4.78, 5) is 23.7. The Balaban J connectivity index is 2.27. The molecule has 2 fully saturated rings. The molecule has 0 aromatic heterocycles. The van der Waals surface area contributed by atoms with E-state index in [2.05, 4.69) is 27.4 Å². The molecule has 0 N–H and O–H groups in total. The minimum absolute atomic E-state index is 0.0476. The van der Waals surface area contributed by atoms with Gasteiger partial charge in [0.2, 0.25) is 0 Å². The first-order valence-corrected chi connectivity index (χ1v) is 9.67.